The van der Waals surface area contributed by atoms with Gasteiger partial charge < -0.3 is 0 Å². The molecule has 22 heavy (non-hydrogen) atoms. The van der Waals surface area contributed by atoms with Gasteiger partial charge in [-0.2, -0.15) is 10.2 Å². The summed E-state index contributed by atoms with van der Waals surface area (Å²) >= 11 is 0. The second-order valence-corrected chi connectivity index (χ2v) is 4.69. The zero-order valence-electron chi connectivity index (χ0n) is 12.5. The van der Waals surface area contributed by atoms with E-state index in [2.05, 4.69) is 29.3 Å². The normalized spacial score (nSPS) is 11.7. The predicted octanol–water partition coefficient (Wildman–Crippen LogP) is 5.43. The molecular formula is C19H18N2O. The van der Waals surface area contributed by atoms with Crippen LogP contribution in [0.4, 0.5) is 11.4 Å². The van der Waals surface area contributed by atoms with Crippen molar-refractivity contribution in [2.45, 2.75) is 13.3 Å². The van der Waals surface area contributed by atoms with Gasteiger partial charge in [-0.3, -0.25) is 4.79 Å². The first-order chi connectivity index (χ1) is 10.8. The Morgan fingerprint density at radius 2 is 1.41 bits per heavy atom. The van der Waals surface area contributed by atoms with E-state index < -0.39 is 0 Å². The van der Waals surface area contributed by atoms with E-state index in [1.807, 2.05) is 48.6 Å². The molecule has 0 aliphatic heterocycles. The van der Waals surface area contributed by atoms with Gasteiger partial charge in [0, 0.05) is 0 Å². The lowest BCUT2D eigenvalue weighted by atomic mass is 10.2. The average Bonchev–Trinajstić information content (AvgIpc) is 2.58. The number of aryl methyl sites for hydroxylation is 1. The van der Waals surface area contributed by atoms with Crippen LogP contribution in [0.5, 0.6) is 0 Å². The van der Waals surface area contributed by atoms with E-state index >= 15 is 0 Å². The lowest BCUT2D eigenvalue weighted by Gasteiger charge is -1.97. The molecule has 0 aliphatic rings. The molecular weight excluding hydrogens is 272 g/mol. The number of rotatable bonds is 6. The number of benzene rings is 2. The highest BCUT2D eigenvalue weighted by molar-refractivity contribution is 5.66. The Kier molecular flexibility index (Phi) is 6.00. The minimum absolute atomic E-state index is 0.751. The van der Waals surface area contributed by atoms with Crippen molar-refractivity contribution in [3.8, 4) is 0 Å². The van der Waals surface area contributed by atoms with Gasteiger partial charge in [0.1, 0.15) is 6.29 Å². The third kappa shape index (κ3) is 4.94. The smallest absolute Gasteiger partial charge is 0.142 e. The summed E-state index contributed by atoms with van der Waals surface area (Å²) < 4.78 is 0. The van der Waals surface area contributed by atoms with Crippen molar-refractivity contribution >= 4 is 23.7 Å². The molecule has 0 heterocycles. The molecule has 3 heteroatoms. The van der Waals surface area contributed by atoms with Crippen molar-refractivity contribution in [1.29, 1.82) is 0 Å². The van der Waals surface area contributed by atoms with Gasteiger partial charge in [0.25, 0.3) is 0 Å². The molecule has 0 aromatic heterocycles. The van der Waals surface area contributed by atoms with Crippen molar-refractivity contribution in [3.05, 3.63) is 77.9 Å². The molecule has 0 radical (unpaired) electrons. The molecule has 0 saturated heterocycles. The van der Waals surface area contributed by atoms with Crippen molar-refractivity contribution in [1.82, 2.24) is 0 Å². The fourth-order valence-electron chi connectivity index (χ4n) is 1.84. The van der Waals surface area contributed by atoms with Gasteiger partial charge in [-0.1, -0.05) is 49.4 Å². The second-order valence-electron chi connectivity index (χ2n) is 4.69. The Hall–Kier alpha value is -2.81. The molecule has 0 spiro atoms. The Morgan fingerprint density at radius 1 is 0.818 bits per heavy atom. The second kappa shape index (κ2) is 8.47. The van der Waals surface area contributed by atoms with E-state index in [0.29, 0.717) is 0 Å². The van der Waals surface area contributed by atoms with Crippen LogP contribution in [0, 0.1) is 0 Å². The van der Waals surface area contributed by atoms with Crippen LogP contribution in [0.25, 0.3) is 6.08 Å². The largest absolute Gasteiger partial charge is 0.299 e. The summed E-state index contributed by atoms with van der Waals surface area (Å²) in [5.74, 6) is 0. The van der Waals surface area contributed by atoms with Gasteiger partial charge in [-0.15, -0.1) is 0 Å². The van der Waals surface area contributed by atoms with Crippen molar-refractivity contribution in [3.63, 3.8) is 0 Å². The molecule has 3 nitrogen and oxygen atoms in total. The Balaban J connectivity index is 2.00. The van der Waals surface area contributed by atoms with Gasteiger partial charge >= 0.3 is 0 Å². The molecule has 0 bridgehead atoms. The van der Waals surface area contributed by atoms with Gasteiger partial charge in [0.2, 0.25) is 0 Å². The molecule has 110 valence electrons. The number of nitrogens with zero attached hydrogens (tertiary/aromatic N) is 2. The lowest BCUT2D eigenvalue weighted by molar-refractivity contribution is -0.104. The number of allylic oxidation sites excluding steroid dienone is 3. The van der Waals surface area contributed by atoms with E-state index in [0.717, 1.165) is 29.6 Å². The summed E-state index contributed by atoms with van der Waals surface area (Å²) in [6.45, 7) is 2.13. The summed E-state index contributed by atoms with van der Waals surface area (Å²) in [6, 6.07) is 15.8. The van der Waals surface area contributed by atoms with Gasteiger partial charge in [-0.25, -0.2) is 0 Å². The molecule has 2 aromatic rings. The highest BCUT2D eigenvalue weighted by Gasteiger charge is 1.93. The molecule has 0 saturated carbocycles. The summed E-state index contributed by atoms with van der Waals surface area (Å²) in [5.41, 5.74) is 3.99. The number of azo groups is 1. The van der Waals surface area contributed by atoms with Crippen LogP contribution < -0.4 is 0 Å². The minimum atomic E-state index is 0.751. The maximum absolute atomic E-state index is 10.1. The fraction of sp³-hybridized carbons (Fsp3) is 0.105. The topological polar surface area (TPSA) is 41.8 Å². The maximum Gasteiger partial charge on any atom is 0.142 e. The lowest BCUT2D eigenvalue weighted by Crippen LogP contribution is -1.76. The minimum Gasteiger partial charge on any atom is -0.299 e. The van der Waals surface area contributed by atoms with E-state index in [4.69, 9.17) is 0 Å². The first-order valence-corrected chi connectivity index (χ1v) is 7.21. The van der Waals surface area contributed by atoms with E-state index in [1.54, 1.807) is 6.08 Å². The monoisotopic (exact) mass is 290 g/mol. The third-order valence-corrected chi connectivity index (χ3v) is 3.11. The molecule has 2 aromatic carbocycles. The van der Waals surface area contributed by atoms with Gasteiger partial charge in [0.05, 0.1) is 11.4 Å². The predicted molar refractivity (Wildman–Crippen MR) is 90.7 cm³/mol. The quantitative estimate of drug-likeness (QED) is 0.302. The SMILES string of the molecule is CCc1ccc(N=Nc2ccc(/C=C/C=C/C=O)cc2)cc1. The molecule has 0 aliphatic carbocycles. The van der Waals surface area contributed by atoms with E-state index in [1.165, 1.54) is 11.6 Å². The molecule has 0 unspecified atom stereocenters. The standard InChI is InChI=1S/C19H18N2O/c1-2-16-7-11-18(12-8-16)20-21-19-13-9-17(10-14-19)6-4-3-5-15-22/h3-15H,2H2,1H3/b5-3+,6-4+,21-20?. The highest BCUT2D eigenvalue weighted by atomic mass is 16.1. The third-order valence-electron chi connectivity index (χ3n) is 3.11. The van der Waals surface area contributed by atoms with Crippen molar-refractivity contribution < 1.29 is 4.79 Å². The molecule has 0 fully saturated rings. The Bertz CT molecular complexity index is 680. The van der Waals surface area contributed by atoms with Crippen LogP contribution in [0.2, 0.25) is 0 Å². The van der Waals surface area contributed by atoms with Crippen LogP contribution in [-0.4, -0.2) is 6.29 Å². The first kappa shape index (κ1) is 15.6. The summed E-state index contributed by atoms with van der Waals surface area (Å²) in [6.07, 6.45) is 8.66. The highest BCUT2D eigenvalue weighted by Crippen LogP contribution is 2.19. The van der Waals surface area contributed by atoms with Crippen LogP contribution in [0.1, 0.15) is 18.1 Å². The zero-order chi connectivity index (χ0) is 15.6. The number of carbonyl (C=O) groups excluding carboxylic acids is 1. The zero-order valence-corrected chi connectivity index (χ0v) is 12.5. The number of hydrogen-bond acceptors (Lipinski definition) is 3. The van der Waals surface area contributed by atoms with Gasteiger partial charge in [-0.05, 0) is 47.9 Å². The van der Waals surface area contributed by atoms with Gasteiger partial charge in [0.15, 0.2) is 0 Å². The summed E-state index contributed by atoms with van der Waals surface area (Å²) in [7, 11) is 0. The number of hydrogen-bond donors (Lipinski definition) is 0. The van der Waals surface area contributed by atoms with E-state index in [-0.39, 0.29) is 0 Å². The van der Waals surface area contributed by atoms with E-state index in [9.17, 15) is 4.79 Å². The maximum atomic E-state index is 10.1. The van der Waals surface area contributed by atoms with Crippen LogP contribution in [0.15, 0.2) is 77.0 Å². The Labute approximate surface area is 130 Å². The summed E-state index contributed by atoms with van der Waals surface area (Å²) in [4.78, 5) is 10.1. The molecule has 0 N–H and O–H groups in total. The molecule has 0 atom stereocenters. The van der Waals surface area contributed by atoms with Crippen LogP contribution in [-0.2, 0) is 11.2 Å². The van der Waals surface area contributed by atoms with Crippen molar-refractivity contribution in [2.75, 3.05) is 0 Å². The first-order valence-electron chi connectivity index (χ1n) is 7.21. The van der Waals surface area contributed by atoms with Crippen molar-refractivity contribution in [2.24, 2.45) is 10.2 Å². The van der Waals surface area contributed by atoms with Crippen LogP contribution in [0.3, 0.4) is 0 Å². The average molecular weight is 290 g/mol. The Morgan fingerprint density at radius 3 is 1.95 bits per heavy atom. The number of aldehydes is 1. The fourth-order valence-corrected chi connectivity index (χ4v) is 1.84. The molecule has 0 amide bonds. The summed E-state index contributed by atoms with van der Waals surface area (Å²) in [5, 5.41) is 8.45. The number of carbonyl (C=O) groups is 1. The van der Waals surface area contributed by atoms with Crippen LogP contribution >= 0.6 is 0 Å². The molecule has 2 rings (SSSR count).